The van der Waals surface area contributed by atoms with Gasteiger partial charge in [-0.05, 0) is 31.2 Å². The highest BCUT2D eigenvalue weighted by molar-refractivity contribution is 7.99. The molecule has 1 N–H and O–H groups in total. The molecule has 1 aromatic rings. The second kappa shape index (κ2) is 6.70. The van der Waals surface area contributed by atoms with Gasteiger partial charge in [-0.2, -0.15) is 0 Å². The summed E-state index contributed by atoms with van der Waals surface area (Å²) >= 11 is 1.82. The molecule has 0 heterocycles. The Hall–Kier alpha value is -0.730. The van der Waals surface area contributed by atoms with Crippen LogP contribution in [0.3, 0.4) is 0 Å². The molecule has 0 fully saturated rings. The largest absolute Gasteiger partial charge is 0.310 e. The molecule has 0 aliphatic rings. The number of nitrogens with one attached hydrogen (secondary N) is 1. The van der Waals surface area contributed by atoms with E-state index >= 15 is 0 Å². The standard InChI is InChI=1S/C13H19NS/c1-4-9-15-13-8-6-7-12(10-13)11(3)14-5-2/h4,6-8,10-11,14H,1,5,9H2,2-3H3. The minimum Gasteiger partial charge on any atom is -0.310 e. The van der Waals surface area contributed by atoms with Crippen LogP contribution in [-0.4, -0.2) is 12.3 Å². The predicted octanol–water partition coefficient (Wildman–Crippen LogP) is 3.64. The maximum atomic E-state index is 3.73. The molecule has 1 atom stereocenters. The van der Waals surface area contributed by atoms with Gasteiger partial charge in [-0.25, -0.2) is 0 Å². The summed E-state index contributed by atoms with van der Waals surface area (Å²) in [5.41, 5.74) is 1.35. The zero-order chi connectivity index (χ0) is 11.1. The van der Waals surface area contributed by atoms with Crippen LogP contribution < -0.4 is 5.32 Å². The maximum Gasteiger partial charge on any atom is 0.0292 e. The van der Waals surface area contributed by atoms with E-state index in [0.717, 1.165) is 12.3 Å². The van der Waals surface area contributed by atoms with Gasteiger partial charge in [0.2, 0.25) is 0 Å². The minimum absolute atomic E-state index is 0.430. The summed E-state index contributed by atoms with van der Waals surface area (Å²) in [5, 5.41) is 3.42. The van der Waals surface area contributed by atoms with Crippen molar-refractivity contribution < 1.29 is 0 Å². The Balaban J connectivity index is 2.68. The Kier molecular flexibility index (Phi) is 5.51. The first kappa shape index (κ1) is 12.3. The third-order valence-electron chi connectivity index (χ3n) is 2.24. The number of benzene rings is 1. The summed E-state index contributed by atoms with van der Waals surface area (Å²) in [4.78, 5) is 1.32. The summed E-state index contributed by atoms with van der Waals surface area (Å²) in [7, 11) is 0. The quantitative estimate of drug-likeness (QED) is 0.581. The van der Waals surface area contributed by atoms with Gasteiger partial charge < -0.3 is 5.32 Å². The average molecular weight is 221 g/mol. The van der Waals surface area contributed by atoms with Crippen LogP contribution in [0.15, 0.2) is 41.8 Å². The molecular weight excluding hydrogens is 202 g/mol. The summed E-state index contributed by atoms with van der Waals surface area (Å²) in [6, 6.07) is 9.12. The zero-order valence-electron chi connectivity index (χ0n) is 9.49. The van der Waals surface area contributed by atoms with E-state index < -0.39 is 0 Å². The Morgan fingerprint density at radius 2 is 2.33 bits per heavy atom. The Morgan fingerprint density at radius 1 is 1.53 bits per heavy atom. The highest BCUT2D eigenvalue weighted by Gasteiger charge is 2.03. The molecule has 0 bridgehead atoms. The number of hydrogen-bond donors (Lipinski definition) is 1. The van der Waals surface area contributed by atoms with Crippen LogP contribution in [0, 0.1) is 0 Å². The smallest absolute Gasteiger partial charge is 0.0292 e. The van der Waals surface area contributed by atoms with Crippen molar-refractivity contribution >= 4 is 11.8 Å². The second-order valence-corrected chi connectivity index (χ2v) is 4.54. The maximum absolute atomic E-state index is 3.73. The molecule has 1 rings (SSSR count). The monoisotopic (exact) mass is 221 g/mol. The third kappa shape index (κ3) is 4.10. The summed E-state index contributed by atoms with van der Waals surface area (Å²) < 4.78 is 0. The summed E-state index contributed by atoms with van der Waals surface area (Å²) in [5.74, 6) is 0.971. The first-order valence-electron chi connectivity index (χ1n) is 5.35. The van der Waals surface area contributed by atoms with Crippen molar-refractivity contribution in [2.75, 3.05) is 12.3 Å². The van der Waals surface area contributed by atoms with Crippen LogP contribution in [0.2, 0.25) is 0 Å². The molecule has 0 saturated heterocycles. The average Bonchev–Trinajstić information content (AvgIpc) is 2.27. The van der Waals surface area contributed by atoms with Crippen molar-refractivity contribution in [3.05, 3.63) is 42.5 Å². The normalized spacial score (nSPS) is 12.4. The Bertz CT molecular complexity index is 309. The van der Waals surface area contributed by atoms with Crippen LogP contribution in [-0.2, 0) is 0 Å². The molecule has 0 spiro atoms. The van der Waals surface area contributed by atoms with Crippen molar-refractivity contribution in [2.45, 2.75) is 24.8 Å². The molecule has 15 heavy (non-hydrogen) atoms. The van der Waals surface area contributed by atoms with Crippen molar-refractivity contribution in [3.8, 4) is 0 Å². The molecule has 0 aliphatic carbocycles. The first-order chi connectivity index (χ1) is 7.27. The lowest BCUT2D eigenvalue weighted by atomic mass is 10.1. The first-order valence-corrected chi connectivity index (χ1v) is 6.33. The Labute approximate surface area is 97.0 Å². The number of hydrogen-bond acceptors (Lipinski definition) is 2. The van der Waals surface area contributed by atoms with Crippen LogP contribution in [0.4, 0.5) is 0 Å². The molecule has 0 amide bonds. The lowest BCUT2D eigenvalue weighted by Gasteiger charge is -2.13. The van der Waals surface area contributed by atoms with E-state index in [0.29, 0.717) is 6.04 Å². The van der Waals surface area contributed by atoms with Gasteiger partial charge in [-0.15, -0.1) is 18.3 Å². The van der Waals surface area contributed by atoms with Gasteiger partial charge in [0.05, 0.1) is 0 Å². The van der Waals surface area contributed by atoms with E-state index in [2.05, 4.69) is 50.0 Å². The third-order valence-corrected chi connectivity index (χ3v) is 3.23. The van der Waals surface area contributed by atoms with Gasteiger partial charge in [0.1, 0.15) is 0 Å². The highest BCUT2D eigenvalue weighted by atomic mass is 32.2. The van der Waals surface area contributed by atoms with Crippen LogP contribution in [0.25, 0.3) is 0 Å². The van der Waals surface area contributed by atoms with E-state index in [1.165, 1.54) is 10.5 Å². The van der Waals surface area contributed by atoms with Gasteiger partial charge in [0.25, 0.3) is 0 Å². The zero-order valence-corrected chi connectivity index (χ0v) is 10.3. The fraction of sp³-hybridized carbons (Fsp3) is 0.385. The van der Waals surface area contributed by atoms with Crippen LogP contribution in [0.1, 0.15) is 25.5 Å². The molecule has 1 aromatic carbocycles. The molecule has 1 unspecified atom stereocenters. The predicted molar refractivity (Wildman–Crippen MR) is 69.5 cm³/mol. The van der Waals surface area contributed by atoms with Crippen molar-refractivity contribution in [3.63, 3.8) is 0 Å². The molecule has 0 aliphatic heterocycles. The van der Waals surface area contributed by atoms with E-state index in [9.17, 15) is 0 Å². The van der Waals surface area contributed by atoms with Crippen molar-refractivity contribution in [1.29, 1.82) is 0 Å². The van der Waals surface area contributed by atoms with Crippen LogP contribution in [0.5, 0.6) is 0 Å². The molecule has 0 aromatic heterocycles. The number of thioether (sulfide) groups is 1. The molecular formula is C13H19NS. The van der Waals surface area contributed by atoms with Gasteiger partial charge in [-0.1, -0.05) is 25.1 Å². The second-order valence-electron chi connectivity index (χ2n) is 3.45. The Morgan fingerprint density at radius 3 is 3.00 bits per heavy atom. The fourth-order valence-electron chi connectivity index (χ4n) is 1.45. The van der Waals surface area contributed by atoms with Gasteiger partial charge in [0, 0.05) is 16.7 Å². The molecule has 2 heteroatoms. The lowest BCUT2D eigenvalue weighted by molar-refractivity contribution is 0.597. The van der Waals surface area contributed by atoms with Crippen LogP contribution >= 0.6 is 11.8 Å². The minimum atomic E-state index is 0.430. The fourth-order valence-corrected chi connectivity index (χ4v) is 2.16. The van der Waals surface area contributed by atoms with Gasteiger partial charge >= 0.3 is 0 Å². The number of rotatable bonds is 6. The van der Waals surface area contributed by atoms with E-state index in [-0.39, 0.29) is 0 Å². The SMILES string of the molecule is C=CCSc1cccc(C(C)NCC)c1. The van der Waals surface area contributed by atoms with Crippen molar-refractivity contribution in [1.82, 2.24) is 5.32 Å². The molecule has 82 valence electrons. The van der Waals surface area contributed by atoms with E-state index in [4.69, 9.17) is 0 Å². The van der Waals surface area contributed by atoms with Gasteiger partial charge in [-0.3, -0.25) is 0 Å². The molecule has 1 nitrogen and oxygen atoms in total. The summed E-state index contributed by atoms with van der Waals surface area (Å²) in [6.07, 6.45) is 1.94. The van der Waals surface area contributed by atoms with Crippen molar-refractivity contribution in [2.24, 2.45) is 0 Å². The topological polar surface area (TPSA) is 12.0 Å². The van der Waals surface area contributed by atoms with Gasteiger partial charge in [0.15, 0.2) is 0 Å². The lowest BCUT2D eigenvalue weighted by Crippen LogP contribution is -2.17. The molecule has 0 saturated carbocycles. The highest BCUT2D eigenvalue weighted by Crippen LogP contribution is 2.22. The van der Waals surface area contributed by atoms with E-state index in [1.54, 1.807) is 0 Å². The van der Waals surface area contributed by atoms with E-state index in [1.807, 2.05) is 17.8 Å². The summed E-state index contributed by atoms with van der Waals surface area (Å²) in [6.45, 7) is 9.06. The molecule has 0 radical (unpaired) electrons.